The summed E-state index contributed by atoms with van der Waals surface area (Å²) < 4.78 is 0. The van der Waals surface area contributed by atoms with E-state index in [-0.39, 0.29) is 5.91 Å². The Labute approximate surface area is 126 Å². The molecule has 0 saturated heterocycles. The van der Waals surface area contributed by atoms with Crippen molar-refractivity contribution < 1.29 is 4.79 Å². The summed E-state index contributed by atoms with van der Waals surface area (Å²) in [6.07, 6.45) is 1.78. The topological polar surface area (TPSA) is 66.9 Å². The number of hydrogen-bond acceptors (Lipinski definition) is 5. The van der Waals surface area contributed by atoms with Crippen molar-refractivity contribution in [2.75, 3.05) is 18.4 Å². The summed E-state index contributed by atoms with van der Waals surface area (Å²) in [4.78, 5) is 21.6. The van der Waals surface area contributed by atoms with E-state index >= 15 is 0 Å². The van der Waals surface area contributed by atoms with Crippen LogP contribution in [0.15, 0.2) is 6.07 Å². The number of aryl methyl sites for hydroxylation is 1. The zero-order valence-electron chi connectivity index (χ0n) is 11.5. The molecular weight excluding hydrogens is 296 g/mol. The molecule has 2 rings (SSSR count). The van der Waals surface area contributed by atoms with Gasteiger partial charge in [0.1, 0.15) is 9.98 Å². The third-order valence-corrected chi connectivity index (χ3v) is 4.22. The molecule has 0 atom stereocenters. The monoisotopic (exact) mass is 312 g/mol. The SMILES string of the molecule is CCc1cc2c(Cl)nc(NCCCNC(C)=O)nc2s1. The van der Waals surface area contributed by atoms with Crippen molar-refractivity contribution >= 4 is 45.0 Å². The second kappa shape index (κ2) is 6.85. The highest BCUT2D eigenvalue weighted by atomic mass is 35.5. The van der Waals surface area contributed by atoms with Crippen LogP contribution in [0, 0.1) is 0 Å². The molecule has 0 spiro atoms. The molecule has 0 unspecified atom stereocenters. The number of hydrogen-bond donors (Lipinski definition) is 2. The molecule has 0 aliphatic carbocycles. The highest BCUT2D eigenvalue weighted by Gasteiger charge is 2.09. The lowest BCUT2D eigenvalue weighted by molar-refractivity contribution is -0.118. The quantitative estimate of drug-likeness (QED) is 0.636. The van der Waals surface area contributed by atoms with Crippen molar-refractivity contribution in [3.63, 3.8) is 0 Å². The minimum absolute atomic E-state index is 0.0172. The zero-order valence-corrected chi connectivity index (χ0v) is 13.1. The standard InChI is InChI=1S/C13H17ClN4OS/c1-3-9-7-10-11(14)17-13(18-12(10)20-9)16-6-4-5-15-8(2)19/h7H,3-6H2,1-2H3,(H,15,19)(H,16,17,18). The van der Waals surface area contributed by atoms with Crippen LogP contribution in [-0.2, 0) is 11.2 Å². The maximum atomic E-state index is 10.7. The minimum atomic E-state index is -0.0172. The van der Waals surface area contributed by atoms with E-state index in [0.717, 1.165) is 23.1 Å². The summed E-state index contributed by atoms with van der Waals surface area (Å²) in [5.41, 5.74) is 0. The predicted octanol–water partition coefficient (Wildman–Crippen LogP) is 2.85. The fraction of sp³-hybridized carbons (Fsp3) is 0.462. The molecule has 0 fully saturated rings. The summed E-state index contributed by atoms with van der Waals surface area (Å²) in [6, 6.07) is 2.04. The third-order valence-electron chi connectivity index (χ3n) is 2.76. The molecule has 0 aliphatic heterocycles. The number of carbonyl (C=O) groups excluding carboxylic acids is 1. The van der Waals surface area contributed by atoms with Gasteiger partial charge in [-0.3, -0.25) is 4.79 Å². The largest absolute Gasteiger partial charge is 0.356 e. The van der Waals surface area contributed by atoms with Crippen LogP contribution in [0.1, 0.15) is 25.1 Å². The van der Waals surface area contributed by atoms with Crippen LogP contribution >= 0.6 is 22.9 Å². The Morgan fingerprint density at radius 3 is 2.90 bits per heavy atom. The van der Waals surface area contributed by atoms with Crippen molar-refractivity contribution in [1.82, 2.24) is 15.3 Å². The van der Waals surface area contributed by atoms with E-state index in [1.54, 1.807) is 11.3 Å². The molecule has 2 heterocycles. The second-order valence-electron chi connectivity index (χ2n) is 4.39. The van der Waals surface area contributed by atoms with Gasteiger partial charge in [0.25, 0.3) is 0 Å². The van der Waals surface area contributed by atoms with E-state index in [1.807, 2.05) is 6.07 Å². The Morgan fingerprint density at radius 1 is 1.40 bits per heavy atom. The number of halogens is 1. The number of fused-ring (bicyclic) bond motifs is 1. The lowest BCUT2D eigenvalue weighted by Crippen LogP contribution is -2.22. The number of aromatic nitrogens is 2. The van der Waals surface area contributed by atoms with Gasteiger partial charge in [-0.25, -0.2) is 9.97 Å². The van der Waals surface area contributed by atoms with Crippen molar-refractivity contribution in [1.29, 1.82) is 0 Å². The van der Waals surface area contributed by atoms with E-state index in [9.17, 15) is 4.79 Å². The number of nitrogens with one attached hydrogen (secondary N) is 2. The van der Waals surface area contributed by atoms with Crippen LogP contribution in [0.5, 0.6) is 0 Å². The second-order valence-corrected chi connectivity index (χ2v) is 5.86. The fourth-order valence-electron chi connectivity index (χ4n) is 1.74. The van der Waals surface area contributed by atoms with Gasteiger partial charge in [0.05, 0.1) is 0 Å². The average Bonchev–Trinajstić information content (AvgIpc) is 2.81. The first-order chi connectivity index (χ1) is 9.60. The number of amides is 1. The normalized spacial score (nSPS) is 10.8. The van der Waals surface area contributed by atoms with Gasteiger partial charge in [0.2, 0.25) is 11.9 Å². The number of carbonyl (C=O) groups is 1. The number of nitrogens with zero attached hydrogens (tertiary/aromatic N) is 2. The van der Waals surface area contributed by atoms with Gasteiger partial charge < -0.3 is 10.6 Å². The van der Waals surface area contributed by atoms with Crippen LogP contribution in [0.3, 0.4) is 0 Å². The molecule has 0 saturated carbocycles. The van der Waals surface area contributed by atoms with Gasteiger partial charge >= 0.3 is 0 Å². The number of anilines is 1. The van der Waals surface area contributed by atoms with Crippen molar-refractivity contribution in [2.24, 2.45) is 0 Å². The lowest BCUT2D eigenvalue weighted by atomic mass is 10.3. The van der Waals surface area contributed by atoms with Crippen LogP contribution < -0.4 is 10.6 Å². The molecule has 108 valence electrons. The maximum absolute atomic E-state index is 10.7. The molecule has 0 bridgehead atoms. The van der Waals surface area contributed by atoms with Crippen LogP contribution in [0.4, 0.5) is 5.95 Å². The van der Waals surface area contributed by atoms with Crippen LogP contribution in [0.25, 0.3) is 10.2 Å². The van der Waals surface area contributed by atoms with E-state index in [0.29, 0.717) is 24.2 Å². The molecule has 2 aromatic rings. The molecule has 2 aromatic heterocycles. The molecule has 2 N–H and O–H groups in total. The molecule has 20 heavy (non-hydrogen) atoms. The van der Waals surface area contributed by atoms with Gasteiger partial charge in [-0.2, -0.15) is 0 Å². The maximum Gasteiger partial charge on any atom is 0.225 e. The van der Waals surface area contributed by atoms with E-state index < -0.39 is 0 Å². The summed E-state index contributed by atoms with van der Waals surface area (Å²) in [5, 5.41) is 7.26. The average molecular weight is 313 g/mol. The van der Waals surface area contributed by atoms with Gasteiger partial charge in [0.15, 0.2) is 0 Å². The van der Waals surface area contributed by atoms with Gasteiger partial charge in [-0.15, -0.1) is 11.3 Å². The third kappa shape index (κ3) is 3.80. The predicted molar refractivity (Wildman–Crippen MR) is 83.6 cm³/mol. The Kier molecular flexibility index (Phi) is 5.14. The summed E-state index contributed by atoms with van der Waals surface area (Å²) in [7, 11) is 0. The molecule has 7 heteroatoms. The van der Waals surface area contributed by atoms with Crippen molar-refractivity contribution in [3.8, 4) is 0 Å². The van der Waals surface area contributed by atoms with Crippen LogP contribution in [-0.4, -0.2) is 29.0 Å². The van der Waals surface area contributed by atoms with Gasteiger partial charge in [-0.1, -0.05) is 18.5 Å². The first kappa shape index (κ1) is 15.0. The molecule has 1 amide bonds. The lowest BCUT2D eigenvalue weighted by Gasteiger charge is -2.05. The molecule has 0 aliphatic rings. The van der Waals surface area contributed by atoms with Gasteiger partial charge in [-0.05, 0) is 18.9 Å². The van der Waals surface area contributed by atoms with E-state index in [2.05, 4.69) is 27.5 Å². The first-order valence-corrected chi connectivity index (χ1v) is 7.74. The smallest absolute Gasteiger partial charge is 0.225 e. The minimum Gasteiger partial charge on any atom is -0.356 e. The van der Waals surface area contributed by atoms with Crippen LogP contribution in [0.2, 0.25) is 5.15 Å². The first-order valence-electron chi connectivity index (χ1n) is 6.54. The molecule has 0 radical (unpaired) electrons. The summed E-state index contributed by atoms with van der Waals surface area (Å²) >= 11 is 7.81. The molecular formula is C13H17ClN4OS. The van der Waals surface area contributed by atoms with Gasteiger partial charge in [0, 0.05) is 30.3 Å². The highest BCUT2D eigenvalue weighted by Crippen LogP contribution is 2.29. The number of rotatable bonds is 6. The van der Waals surface area contributed by atoms with E-state index in [4.69, 9.17) is 11.6 Å². The summed E-state index contributed by atoms with van der Waals surface area (Å²) in [5.74, 6) is 0.520. The van der Waals surface area contributed by atoms with Crippen molar-refractivity contribution in [2.45, 2.75) is 26.7 Å². The summed E-state index contributed by atoms with van der Waals surface area (Å²) in [6.45, 7) is 4.94. The molecule has 0 aromatic carbocycles. The fourth-order valence-corrected chi connectivity index (χ4v) is 2.99. The van der Waals surface area contributed by atoms with E-state index in [1.165, 1.54) is 11.8 Å². The number of thiophene rings is 1. The van der Waals surface area contributed by atoms with Crippen molar-refractivity contribution in [3.05, 3.63) is 16.1 Å². The molecule has 5 nitrogen and oxygen atoms in total. The highest BCUT2D eigenvalue weighted by molar-refractivity contribution is 7.18. The Balaban J connectivity index is 1.98. The Hall–Kier alpha value is -1.40. The Morgan fingerprint density at radius 2 is 2.20 bits per heavy atom. The Bertz CT molecular complexity index is 614. The zero-order chi connectivity index (χ0) is 14.5.